The third kappa shape index (κ3) is 3.31. The first kappa shape index (κ1) is 12.6. The van der Waals surface area contributed by atoms with Crippen LogP contribution in [-0.4, -0.2) is 28.5 Å². The van der Waals surface area contributed by atoms with E-state index in [0.29, 0.717) is 12.4 Å². The summed E-state index contributed by atoms with van der Waals surface area (Å²) in [5.74, 6) is -0.0690. The molecule has 0 aliphatic rings. The molecule has 1 aromatic rings. The molecule has 0 saturated heterocycles. The van der Waals surface area contributed by atoms with E-state index in [9.17, 15) is 9.90 Å². The molecule has 0 heterocycles. The number of amides is 1. The second-order valence-corrected chi connectivity index (χ2v) is 3.98. The van der Waals surface area contributed by atoms with Gasteiger partial charge in [0.1, 0.15) is 11.5 Å². The Labute approximate surface area is 98.9 Å². The van der Waals surface area contributed by atoms with Gasteiger partial charge in [0.05, 0.1) is 5.56 Å². The fourth-order valence-corrected chi connectivity index (χ4v) is 1.24. The van der Waals surface area contributed by atoms with Crippen LogP contribution in [0.2, 0.25) is 0 Å². The van der Waals surface area contributed by atoms with Crippen LogP contribution in [-0.2, 0) is 0 Å². The van der Waals surface area contributed by atoms with Crippen molar-refractivity contribution in [1.29, 1.82) is 0 Å². The van der Waals surface area contributed by atoms with Gasteiger partial charge in [-0.2, -0.15) is 0 Å². The van der Waals surface area contributed by atoms with Crippen molar-refractivity contribution in [1.82, 2.24) is 5.32 Å². The van der Waals surface area contributed by atoms with E-state index in [4.69, 9.17) is 16.7 Å². The molecule has 4 nitrogen and oxygen atoms in total. The minimum absolute atomic E-state index is 0.0804. The summed E-state index contributed by atoms with van der Waals surface area (Å²) in [6, 6.07) is 3.84. The standard InChI is InChI=1S/C11H14ClNO3/c1-7(5-12)6-13-11(16)9-3-2-8(14)4-10(9)15/h2-4,7,14-15H,5-6H2,1H3,(H,13,16). The lowest BCUT2D eigenvalue weighted by Crippen LogP contribution is -2.28. The fraction of sp³-hybridized carbons (Fsp3) is 0.364. The largest absolute Gasteiger partial charge is 0.508 e. The van der Waals surface area contributed by atoms with Crippen molar-refractivity contribution in [3.05, 3.63) is 23.8 Å². The van der Waals surface area contributed by atoms with E-state index in [1.165, 1.54) is 12.1 Å². The van der Waals surface area contributed by atoms with Crippen molar-refractivity contribution in [2.75, 3.05) is 12.4 Å². The van der Waals surface area contributed by atoms with Crippen LogP contribution in [0.3, 0.4) is 0 Å². The topological polar surface area (TPSA) is 69.6 Å². The summed E-state index contributed by atoms with van der Waals surface area (Å²) >= 11 is 5.60. The predicted octanol–water partition coefficient (Wildman–Crippen LogP) is 1.70. The first-order valence-corrected chi connectivity index (χ1v) is 5.44. The fourth-order valence-electron chi connectivity index (χ4n) is 1.13. The van der Waals surface area contributed by atoms with E-state index in [0.717, 1.165) is 6.07 Å². The highest BCUT2D eigenvalue weighted by atomic mass is 35.5. The van der Waals surface area contributed by atoms with Crippen molar-refractivity contribution in [2.24, 2.45) is 5.92 Å². The lowest BCUT2D eigenvalue weighted by atomic mass is 10.1. The second kappa shape index (κ2) is 5.61. The maximum atomic E-state index is 11.6. The van der Waals surface area contributed by atoms with Gasteiger partial charge in [0, 0.05) is 18.5 Å². The molecule has 0 radical (unpaired) electrons. The lowest BCUT2D eigenvalue weighted by molar-refractivity contribution is 0.0946. The summed E-state index contributed by atoms with van der Waals surface area (Å²) in [4.78, 5) is 11.6. The Balaban J connectivity index is 2.66. The SMILES string of the molecule is CC(CCl)CNC(=O)c1ccc(O)cc1O. The molecule has 0 fully saturated rings. The van der Waals surface area contributed by atoms with Crippen molar-refractivity contribution in [2.45, 2.75) is 6.92 Å². The van der Waals surface area contributed by atoms with Crippen LogP contribution in [0.5, 0.6) is 11.5 Å². The van der Waals surface area contributed by atoms with Gasteiger partial charge in [-0.25, -0.2) is 0 Å². The van der Waals surface area contributed by atoms with Gasteiger partial charge < -0.3 is 15.5 Å². The molecule has 88 valence electrons. The van der Waals surface area contributed by atoms with Crippen LogP contribution in [0.25, 0.3) is 0 Å². The Morgan fingerprint density at radius 3 is 2.75 bits per heavy atom. The van der Waals surface area contributed by atoms with E-state index in [2.05, 4.69) is 5.32 Å². The highest BCUT2D eigenvalue weighted by Gasteiger charge is 2.12. The van der Waals surface area contributed by atoms with Crippen LogP contribution in [0.4, 0.5) is 0 Å². The number of nitrogens with one attached hydrogen (secondary N) is 1. The van der Waals surface area contributed by atoms with Crippen LogP contribution in [0.15, 0.2) is 18.2 Å². The number of alkyl halides is 1. The number of halogens is 1. The predicted molar refractivity (Wildman–Crippen MR) is 62.0 cm³/mol. The first-order valence-electron chi connectivity index (χ1n) is 4.90. The van der Waals surface area contributed by atoms with Gasteiger partial charge in [0.15, 0.2) is 0 Å². The highest BCUT2D eigenvalue weighted by molar-refractivity contribution is 6.18. The third-order valence-corrected chi connectivity index (χ3v) is 2.63. The number of carbonyl (C=O) groups is 1. The molecule has 5 heteroatoms. The number of hydrogen-bond donors (Lipinski definition) is 3. The van der Waals surface area contributed by atoms with Crippen LogP contribution >= 0.6 is 11.6 Å². The molecule has 0 aliphatic carbocycles. The van der Waals surface area contributed by atoms with Gasteiger partial charge in [-0.05, 0) is 18.1 Å². The molecule has 1 aromatic carbocycles. The average molecular weight is 244 g/mol. The van der Waals surface area contributed by atoms with Crippen LogP contribution in [0.1, 0.15) is 17.3 Å². The van der Waals surface area contributed by atoms with Crippen molar-refractivity contribution in [3.8, 4) is 11.5 Å². The lowest BCUT2D eigenvalue weighted by Gasteiger charge is -2.10. The summed E-state index contributed by atoms with van der Waals surface area (Å²) in [6.07, 6.45) is 0. The van der Waals surface area contributed by atoms with E-state index >= 15 is 0 Å². The maximum Gasteiger partial charge on any atom is 0.255 e. The molecule has 1 amide bonds. The zero-order valence-electron chi connectivity index (χ0n) is 8.90. The minimum Gasteiger partial charge on any atom is -0.508 e. The van der Waals surface area contributed by atoms with E-state index in [1.54, 1.807) is 0 Å². The summed E-state index contributed by atoms with van der Waals surface area (Å²) in [7, 11) is 0. The van der Waals surface area contributed by atoms with E-state index < -0.39 is 0 Å². The van der Waals surface area contributed by atoms with Gasteiger partial charge in [0.2, 0.25) is 0 Å². The zero-order valence-corrected chi connectivity index (χ0v) is 9.66. The number of phenolic OH excluding ortho intramolecular Hbond substituents is 2. The average Bonchev–Trinajstić information content (AvgIpc) is 2.25. The summed E-state index contributed by atoms with van der Waals surface area (Å²) in [5, 5.41) is 21.1. The highest BCUT2D eigenvalue weighted by Crippen LogP contribution is 2.22. The summed E-state index contributed by atoms with van der Waals surface area (Å²) in [5.41, 5.74) is 0.138. The van der Waals surface area contributed by atoms with Gasteiger partial charge in [0.25, 0.3) is 5.91 Å². The molecule has 0 saturated carbocycles. The first-order chi connectivity index (χ1) is 7.54. The number of aromatic hydroxyl groups is 2. The quantitative estimate of drug-likeness (QED) is 0.705. The molecule has 0 spiro atoms. The monoisotopic (exact) mass is 243 g/mol. The number of benzene rings is 1. The van der Waals surface area contributed by atoms with Gasteiger partial charge in [-0.1, -0.05) is 6.92 Å². The molecule has 3 N–H and O–H groups in total. The maximum absolute atomic E-state index is 11.6. The Bertz CT molecular complexity index is 381. The molecule has 0 bridgehead atoms. The summed E-state index contributed by atoms with van der Waals surface area (Å²) < 4.78 is 0. The van der Waals surface area contributed by atoms with E-state index in [1.807, 2.05) is 6.92 Å². The molecule has 16 heavy (non-hydrogen) atoms. The number of carbonyl (C=O) groups excluding carboxylic acids is 1. The summed E-state index contributed by atoms with van der Waals surface area (Å²) in [6.45, 7) is 2.35. The van der Waals surface area contributed by atoms with Gasteiger partial charge >= 0.3 is 0 Å². The Morgan fingerprint density at radius 1 is 1.50 bits per heavy atom. The van der Waals surface area contributed by atoms with E-state index in [-0.39, 0.29) is 28.9 Å². The van der Waals surface area contributed by atoms with Crippen molar-refractivity contribution in [3.63, 3.8) is 0 Å². The van der Waals surface area contributed by atoms with Crippen LogP contribution in [0, 0.1) is 5.92 Å². The van der Waals surface area contributed by atoms with Gasteiger partial charge in [-0.15, -0.1) is 11.6 Å². The third-order valence-electron chi connectivity index (χ3n) is 2.10. The van der Waals surface area contributed by atoms with Crippen molar-refractivity contribution < 1.29 is 15.0 Å². The molecule has 0 aromatic heterocycles. The minimum atomic E-state index is -0.380. The van der Waals surface area contributed by atoms with Crippen molar-refractivity contribution >= 4 is 17.5 Å². The zero-order chi connectivity index (χ0) is 12.1. The molecular weight excluding hydrogens is 230 g/mol. The molecule has 0 aliphatic heterocycles. The molecular formula is C11H14ClNO3. The normalized spacial score (nSPS) is 12.1. The molecule has 1 rings (SSSR count). The molecule has 1 atom stereocenters. The smallest absolute Gasteiger partial charge is 0.255 e. The number of phenols is 2. The Hall–Kier alpha value is -1.42. The number of hydrogen-bond acceptors (Lipinski definition) is 3. The Kier molecular flexibility index (Phi) is 4.43. The number of rotatable bonds is 4. The molecule has 1 unspecified atom stereocenters. The Morgan fingerprint density at radius 2 is 2.19 bits per heavy atom. The van der Waals surface area contributed by atoms with Crippen LogP contribution < -0.4 is 5.32 Å². The van der Waals surface area contributed by atoms with Gasteiger partial charge in [-0.3, -0.25) is 4.79 Å². The second-order valence-electron chi connectivity index (χ2n) is 3.67.